The van der Waals surface area contributed by atoms with Crippen LogP contribution in [0.4, 0.5) is 13.2 Å². The van der Waals surface area contributed by atoms with Crippen LogP contribution in [-0.2, 0) is 0 Å². The molecule has 0 saturated heterocycles. The van der Waals surface area contributed by atoms with Crippen LogP contribution >= 0.6 is 0 Å². The van der Waals surface area contributed by atoms with Crippen molar-refractivity contribution in [2.24, 2.45) is 11.8 Å². The number of halogens is 3. The first-order valence-electron chi connectivity index (χ1n) is 5.56. The van der Waals surface area contributed by atoms with Gasteiger partial charge in [0.05, 0.1) is 6.07 Å². The van der Waals surface area contributed by atoms with Crippen molar-refractivity contribution in [2.75, 3.05) is 6.54 Å². The van der Waals surface area contributed by atoms with Crippen LogP contribution in [0.5, 0.6) is 0 Å². The van der Waals surface area contributed by atoms with Gasteiger partial charge in [-0.3, -0.25) is 0 Å². The van der Waals surface area contributed by atoms with E-state index in [-0.39, 0.29) is 12.6 Å². The van der Waals surface area contributed by atoms with Crippen molar-refractivity contribution in [1.29, 1.82) is 5.26 Å². The lowest BCUT2D eigenvalue weighted by Crippen LogP contribution is -2.40. The van der Waals surface area contributed by atoms with Gasteiger partial charge in [-0.05, 0) is 12.8 Å². The summed E-state index contributed by atoms with van der Waals surface area (Å²) in [5.74, 6) is -1.56. The SMILES string of the molecule is CCC(CC)C(C)NCC(C#N)C(F)(F)F. The molecule has 0 heterocycles. The molecule has 0 radical (unpaired) electrons. The minimum atomic E-state index is -4.44. The molecule has 16 heavy (non-hydrogen) atoms. The van der Waals surface area contributed by atoms with Crippen molar-refractivity contribution in [3.05, 3.63) is 0 Å². The fourth-order valence-electron chi connectivity index (χ4n) is 1.70. The Bertz CT molecular complexity index is 228. The fraction of sp³-hybridized carbons (Fsp3) is 0.909. The Hall–Kier alpha value is -0.760. The quantitative estimate of drug-likeness (QED) is 0.769. The summed E-state index contributed by atoms with van der Waals surface area (Å²) in [6, 6.07) is 1.29. The molecule has 2 atom stereocenters. The Balaban J connectivity index is 4.18. The molecule has 0 aliphatic rings. The van der Waals surface area contributed by atoms with Crippen molar-refractivity contribution < 1.29 is 13.2 Å². The molecular formula is C11H19F3N2. The molecule has 0 amide bonds. The number of alkyl halides is 3. The third-order valence-electron chi connectivity index (χ3n) is 2.95. The lowest BCUT2D eigenvalue weighted by Gasteiger charge is -2.24. The highest BCUT2D eigenvalue weighted by Crippen LogP contribution is 2.25. The Labute approximate surface area is 94.8 Å². The van der Waals surface area contributed by atoms with Crippen LogP contribution in [0.3, 0.4) is 0 Å². The number of hydrogen-bond acceptors (Lipinski definition) is 2. The van der Waals surface area contributed by atoms with E-state index in [0.717, 1.165) is 12.8 Å². The van der Waals surface area contributed by atoms with Crippen molar-refractivity contribution in [2.45, 2.75) is 45.8 Å². The maximum atomic E-state index is 12.3. The number of nitrogens with one attached hydrogen (secondary N) is 1. The van der Waals surface area contributed by atoms with E-state index < -0.39 is 12.1 Å². The van der Waals surface area contributed by atoms with Crippen LogP contribution in [0.1, 0.15) is 33.6 Å². The van der Waals surface area contributed by atoms with Crippen LogP contribution in [0.2, 0.25) is 0 Å². The van der Waals surface area contributed by atoms with Gasteiger partial charge < -0.3 is 5.32 Å². The van der Waals surface area contributed by atoms with E-state index in [1.807, 2.05) is 20.8 Å². The predicted octanol–water partition coefficient (Wildman–Crippen LogP) is 3.10. The third-order valence-corrected chi connectivity index (χ3v) is 2.95. The van der Waals surface area contributed by atoms with Gasteiger partial charge in [0.1, 0.15) is 0 Å². The number of hydrogen-bond donors (Lipinski definition) is 1. The van der Waals surface area contributed by atoms with E-state index >= 15 is 0 Å². The summed E-state index contributed by atoms with van der Waals surface area (Å²) in [4.78, 5) is 0. The highest BCUT2D eigenvalue weighted by atomic mass is 19.4. The third kappa shape index (κ3) is 4.84. The van der Waals surface area contributed by atoms with Gasteiger partial charge in [0.2, 0.25) is 0 Å². The largest absolute Gasteiger partial charge is 0.405 e. The van der Waals surface area contributed by atoms with Crippen molar-refractivity contribution in [3.63, 3.8) is 0 Å². The van der Waals surface area contributed by atoms with E-state index in [2.05, 4.69) is 5.32 Å². The first-order chi connectivity index (χ1) is 7.36. The van der Waals surface area contributed by atoms with Gasteiger partial charge in [0.25, 0.3) is 0 Å². The van der Waals surface area contributed by atoms with Crippen LogP contribution in [-0.4, -0.2) is 18.8 Å². The second-order valence-corrected chi connectivity index (χ2v) is 4.00. The van der Waals surface area contributed by atoms with E-state index in [1.165, 1.54) is 6.07 Å². The molecule has 0 aliphatic carbocycles. The normalized spacial score (nSPS) is 15.9. The van der Waals surface area contributed by atoms with Gasteiger partial charge in [-0.25, -0.2) is 0 Å². The second kappa shape index (κ2) is 6.74. The van der Waals surface area contributed by atoms with Gasteiger partial charge >= 0.3 is 6.18 Å². The van der Waals surface area contributed by atoms with E-state index in [9.17, 15) is 13.2 Å². The first kappa shape index (κ1) is 15.2. The van der Waals surface area contributed by atoms with Gasteiger partial charge in [-0.2, -0.15) is 18.4 Å². The summed E-state index contributed by atoms with van der Waals surface area (Å²) < 4.78 is 36.8. The van der Waals surface area contributed by atoms with Crippen LogP contribution in [0.15, 0.2) is 0 Å². The molecule has 0 saturated carbocycles. The molecule has 2 unspecified atom stereocenters. The molecule has 0 fully saturated rings. The summed E-state index contributed by atoms with van der Waals surface area (Å²) in [5, 5.41) is 11.2. The maximum absolute atomic E-state index is 12.3. The zero-order valence-corrected chi connectivity index (χ0v) is 9.93. The Morgan fingerprint density at radius 1 is 1.25 bits per heavy atom. The lowest BCUT2D eigenvalue weighted by molar-refractivity contribution is -0.158. The molecular weight excluding hydrogens is 217 g/mol. The van der Waals surface area contributed by atoms with Gasteiger partial charge in [-0.1, -0.05) is 26.7 Å². The molecule has 2 nitrogen and oxygen atoms in total. The van der Waals surface area contributed by atoms with Gasteiger partial charge in [0, 0.05) is 12.6 Å². The van der Waals surface area contributed by atoms with E-state index in [4.69, 9.17) is 5.26 Å². The Kier molecular flexibility index (Phi) is 6.42. The lowest BCUT2D eigenvalue weighted by atomic mass is 9.95. The molecule has 0 rings (SSSR count). The van der Waals surface area contributed by atoms with Crippen molar-refractivity contribution in [1.82, 2.24) is 5.32 Å². The fourth-order valence-corrected chi connectivity index (χ4v) is 1.70. The zero-order valence-electron chi connectivity index (χ0n) is 9.93. The smallest absolute Gasteiger partial charge is 0.312 e. The zero-order chi connectivity index (χ0) is 12.8. The summed E-state index contributed by atoms with van der Waals surface area (Å²) in [6.45, 7) is 5.57. The minimum absolute atomic E-state index is 0.00759. The minimum Gasteiger partial charge on any atom is -0.312 e. The molecule has 0 spiro atoms. The second-order valence-electron chi connectivity index (χ2n) is 4.00. The molecule has 0 aromatic heterocycles. The average molecular weight is 236 g/mol. The molecule has 0 aromatic rings. The average Bonchev–Trinajstić information content (AvgIpc) is 2.18. The summed E-state index contributed by atoms with van der Waals surface area (Å²) >= 11 is 0. The topological polar surface area (TPSA) is 35.8 Å². The summed E-state index contributed by atoms with van der Waals surface area (Å²) in [5.41, 5.74) is 0. The van der Waals surface area contributed by atoms with Crippen molar-refractivity contribution >= 4 is 0 Å². The Morgan fingerprint density at radius 2 is 1.75 bits per heavy atom. The summed E-state index contributed by atoms with van der Waals surface area (Å²) in [7, 11) is 0. The van der Waals surface area contributed by atoms with Crippen LogP contribution in [0.25, 0.3) is 0 Å². The van der Waals surface area contributed by atoms with Crippen molar-refractivity contribution in [3.8, 4) is 6.07 Å². The van der Waals surface area contributed by atoms with Crippen LogP contribution in [0, 0.1) is 23.2 Å². The first-order valence-corrected chi connectivity index (χ1v) is 5.56. The molecule has 5 heteroatoms. The maximum Gasteiger partial charge on any atom is 0.405 e. The van der Waals surface area contributed by atoms with Crippen LogP contribution < -0.4 is 5.32 Å². The number of rotatable bonds is 6. The van der Waals surface area contributed by atoms with Gasteiger partial charge in [-0.15, -0.1) is 0 Å². The predicted molar refractivity (Wildman–Crippen MR) is 56.7 cm³/mol. The van der Waals surface area contributed by atoms with E-state index in [0.29, 0.717) is 5.92 Å². The highest BCUT2D eigenvalue weighted by molar-refractivity contribution is 4.90. The molecule has 1 N–H and O–H groups in total. The number of nitriles is 1. The number of nitrogens with zero attached hydrogens (tertiary/aromatic N) is 1. The molecule has 0 bridgehead atoms. The monoisotopic (exact) mass is 236 g/mol. The highest BCUT2D eigenvalue weighted by Gasteiger charge is 2.39. The molecule has 94 valence electrons. The molecule has 0 aliphatic heterocycles. The molecule has 0 aromatic carbocycles. The summed E-state index contributed by atoms with van der Waals surface area (Å²) in [6.07, 6.45) is -2.59. The standard InChI is InChI=1S/C11H19F3N2/c1-4-9(5-2)8(3)16-7-10(6-15)11(12,13)14/h8-10,16H,4-5,7H2,1-3H3. The Morgan fingerprint density at radius 3 is 2.06 bits per heavy atom. The van der Waals surface area contributed by atoms with E-state index in [1.54, 1.807) is 0 Å². The van der Waals surface area contributed by atoms with Gasteiger partial charge in [0.15, 0.2) is 5.92 Å².